The molecule has 0 radical (unpaired) electrons. The molecule has 19 heavy (non-hydrogen) atoms. The third kappa shape index (κ3) is 2.79. The summed E-state index contributed by atoms with van der Waals surface area (Å²) >= 11 is 0. The van der Waals surface area contributed by atoms with Crippen molar-refractivity contribution in [2.24, 2.45) is 11.1 Å². The third-order valence-corrected chi connectivity index (χ3v) is 4.20. The van der Waals surface area contributed by atoms with Crippen molar-refractivity contribution in [3.8, 4) is 0 Å². The molecule has 0 bridgehead atoms. The van der Waals surface area contributed by atoms with Crippen LogP contribution in [-0.2, 0) is 17.6 Å². The fourth-order valence-corrected chi connectivity index (χ4v) is 3.26. The molecule has 2 atom stereocenters. The molecule has 4 nitrogen and oxygen atoms in total. The molecule has 1 aromatic rings. The Kier molecular flexibility index (Phi) is 3.31. The minimum Gasteiger partial charge on any atom is -0.378 e. The normalized spacial score (nSPS) is 29.2. The molecule has 104 valence electrons. The molecule has 0 saturated carbocycles. The summed E-state index contributed by atoms with van der Waals surface area (Å²) in [6, 6.07) is 0.0792. The van der Waals surface area contributed by atoms with Gasteiger partial charge in [0.2, 0.25) is 0 Å². The maximum absolute atomic E-state index is 6.23. The number of nitrogens with two attached hydrogens (primary N) is 1. The van der Waals surface area contributed by atoms with Crippen LogP contribution < -0.4 is 5.73 Å². The van der Waals surface area contributed by atoms with Crippen molar-refractivity contribution in [1.82, 2.24) is 9.97 Å². The molecule has 0 spiro atoms. The van der Waals surface area contributed by atoms with Gasteiger partial charge in [0.05, 0.1) is 6.10 Å². The van der Waals surface area contributed by atoms with Gasteiger partial charge in [-0.2, -0.15) is 0 Å². The number of hydrogen-bond donors (Lipinski definition) is 1. The zero-order valence-electron chi connectivity index (χ0n) is 11.9. The van der Waals surface area contributed by atoms with Gasteiger partial charge in [0.1, 0.15) is 5.82 Å². The molecule has 1 fully saturated rings. The highest BCUT2D eigenvalue weighted by atomic mass is 16.5. The number of aromatic nitrogens is 2. The number of ether oxygens (including phenoxy) is 1. The fourth-order valence-electron chi connectivity index (χ4n) is 3.26. The van der Waals surface area contributed by atoms with Gasteiger partial charge in [-0.05, 0) is 31.1 Å². The Bertz CT molecular complexity index is 466. The Hall–Kier alpha value is -1.00. The van der Waals surface area contributed by atoms with Gasteiger partial charge in [0, 0.05) is 36.5 Å². The van der Waals surface area contributed by atoms with E-state index < -0.39 is 0 Å². The molecule has 3 rings (SSSR count). The Morgan fingerprint density at radius 3 is 3.05 bits per heavy atom. The molecule has 2 N–H and O–H groups in total. The van der Waals surface area contributed by atoms with Gasteiger partial charge in [-0.15, -0.1) is 0 Å². The molecule has 2 unspecified atom stereocenters. The molecule has 2 aliphatic rings. The molecular weight excluding hydrogens is 238 g/mol. The van der Waals surface area contributed by atoms with Crippen LogP contribution in [0.5, 0.6) is 0 Å². The van der Waals surface area contributed by atoms with Gasteiger partial charge < -0.3 is 10.5 Å². The Labute approximate surface area is 114 Å². The maximum atomic E-state index is 6.23. The number of rotatable bonds is 2. The number of nitrogens with zero attached hydrogens (tertiary/aromatic N) is 2. The second-order valence-electron chi connectivity index (χ2n) is 6.68. The lowest BCUT2D eigenvalue weighted by Crippen LogP contribution is -2.31. The Balaban J connectivity index is 1.82. The summed E-state index contributed by atoms with van der Waals surface area (Å²) in [5.41, 5.74) is 8.75. The second-order valence-corrected chi connectivity index (χ2v) is 6.68. The van der Waals surface area contributed by atoms with Gasteiger partial charge in [-0.1, -0.05) is 13.8 Å². The summed E-state index contributed by atoms with van der Waals surface area (Å²) in [7, 11) is 0. The van der Waals surface area contributed by atoms with E-state index in [-0.39, 0.29) is 11.5 Å². The summed E-state index contributed by atoms with van der Waals surface area (Å²) in [5, 5.41) is 0. The Morgan fingerprint density at radius 2 is 2.32 bits per heavy atom. The van der Waals surface area contributed by atoms with E-state index in [9.17, 15) is 0 Å². The second kappa shape index (κ2) is 4.84. The van der Waals surface area contributed by atoms with Gasteiger partial charge in [0.15, 0.2) is 0 Å². The molecule has 1 saturated heterocycles. The zero-order valence-corrected chi connectivity index (χ0v) is 11.9. The molecule has 1 aliphatic heterocycles. The first-order chi connectivity index (χ1) is 9.03. The van der Waals surface area contributed by atoms with Gasteiger partial charge >= 0.3 is 0 Å². The topological polar surface area (TPSA) is 61.0 Å². The van der Waals surface area contributed by atoms with Gasteiger partial charge in [0.25, 0.3) is 0 Å². The van der Waals surface area contributed by atoms with E-state index in [1.165, 1.54) is 0 Å². The van der Waals surface area contributed by atoms with Crippen molar-refractivity contribution in [1.29, 1.82) is 0 Å². The smallest absolute Gasteiger partial charge is 0.131 e. The summed E-state index contributed by atoms with van der Waals surface area (Å²) in [6.07, 6.45) is 7.38. The predicted molar refractivity (Wildman–Crippen MR) is 73.7 cm³/mol. The maximum Gasteiger partial charge on any atom is 0.131 e. The lowest BCUT2D eigenvalue weighted by Gasteiger charge is -2.34. The first-order valence-corrected chi connectivity index (χ1v) is 7.25. The average Bonchev–Trinajstić information content (AvgIpc) is 2.79. The summed E-state index contributed by atoms with van der Waals surface area (Å²) < 4.78 is 5.66. The molecule has 0 amide bonds. The van der Waals surface area contributed by atoms with Crippen molar-refractivity contribution in [3.05, 3.63) is 23.3 Å². The molecule has 2 heterocycles. The number of hydrogen-bond acceptors (Lipinski definition) is 4. The monoisotopic (exact) mass is 261 g/mol. The lowest BCUT2D eigenvalue weighted by molar-refractivity contribution is 0.109. The number of fused-ring (bicyclic) bond motifs is 1. The van der Waals surface area contributed by atoms with E-state index in [0.717, 1.165) is 55.8 Å². The van der Waals surface area contributed by atoms with Crippen LogP contribution in [0.4, 0.5) is 0 Å². The highest BCUT2D eigenvalue weighted by Gasteiger charge is 2.32. The van der Waals surface area contributed by atoms with Crippen LogP contribution in [0.2, 0.25) is 0 Å². The van der Waals surface area contributed by atoms with Crippen molar-refractivity contribution < 1.29 is 4.74 Å². The van der Waals surface area contributed by atoms with E-state index in [1.807, 2.05) is 6.20 Å². The average molecular weight is 261 g/mol. The van der Waals surface area contributed by atoms with Crippen LogP contribution in [0, 0.1) is 5.41 Å². The summed E-state index contributed by atoms with van der Waals surface area (Å²) in [5.74, 6) is 0.913. The third-order valence-electron chi connectivity index (χ3n) is 4.20. The van der Waals surface area contributed by atoms with Crippen molar-refractivity contribution >= 4 is 0 Å². The summed E-state index contributed by atoms with van der Waals surface area (Å²) in [4.78, 5) is 9.23. The molecule has 1 aromatic heterocycles. The zero-order chi connectivity index (χ0) is 13.5. The highest BCUT2D eigenvalue weighted by molar-refractivity contribution is 5.26. The van der Waals surface area contributed by atoms with Crippen molar-refractivity contribution in [3.63, 3.8) is 0 Å². The van der Waals surface area contributed by atoms with Crippen LogP contribution >= 0.6 is 0 Å². The SMILES string of the molecule is CC1(C)Cc2nc(CC3CCCO3)ncc2C(N)C1. The van der Waals surface area contributed by atoms with Crippen LogP contribution in [-0.4, -0.2) is 22.7 Å². The molecular formula is C15H23N3O. The lowest BCUT2D eigenvalue weighted by atomic mass is 9.74. The largest absolute Gasteiger partial charge is 0.378 e. The van der Waals surface area contributed by atoms with Crippen LogP contribution in [0.15, 0.2) is 6.20 Å². The van der Waals surface area contributed by atoms with Gasteiger partial charge in [-0.25, -0.2) is 9.97 Å². The van der Waals surface area contributed by atoms with E-state index in [2.05, 4.69) is 18.8 Å². The van der Waals surface area contributed by atoms with E-state index in [1.54, 1.807) is 0 Å². The predicted octanol–water partition coefficient (Wildman–Crippen LogP) is 2.17. The highest BCUT2D eigenvalue weighted by Crippen LogP contribution is 2.38. The quantitative estimate of drug-likeness (QED) is 0.886. The van der Waals surface area contributed by atoms with E-state index in [0.29, 0.717) is 6.10 Å². The molecule has 4 heteroatoms. The standard InChI is InChI=1S/C15H23N3O/c1-15(2)7-12(16)11-9-17-14(18-13(11)8-15)6-10-4-3-5-19-10/h9-10,12H,3-8,16H2,1-2H3. The molecule has 1 aliphatic carbocycles. The first kappa shape index (κ1) is 13.0. The van der Waals surface area contributed by atoms with Crippen LogP contribution in [0.1, 0.15) is 56.2 Å². The van der Waals surface area contributed by atoms with E-state index >= 15 is 0 Å². The van der Waals surface area contributed by atoms with Crippen molar-refractivity contribution in [2.75, 3.05) is 6.61 Å². The summed E-state index contributed by atoms with van der Waals surface area (Å²) in [6.45, 7) is 5.41. The molecule has 0 aromatic carbocycles. The van der Waals surface area contributed by atoms with Gasteiger partial charge in [-0.3, -0.25) is 0 Å². The minimum absolute atomic E-state index is 0.0792. The van der Waals surface area contributed by atoms with E-state index in [4.69, 9.17) is 15.5 Å². The Morgan fingerprint density at radius 1 is 1.47 bits per heavy atom. The first-order valence-electron chi connectivity index (χ1n) is 7.25. The van der Waals surface area contributed by atoms with Crippen LogP contribution in [0.3, 0.4) is 0 Å². The van der Waals surface area contributed by atoms with Crippen LogP contribution in [0.25, 0.3) is 0 Å². The van der Waals surface area contributed by atoms with Crippen molar-refractivity contribution in [2.45, 2.75) is 58.1 Å². The fraction of sp³-hybridized carbons (Fsp3) is 0.733. The minimum atomic E-state index is 0.0792.